The highest BCUT2D eigenvalue weighted by atomic mass is 31.2. The number of hydrogen-bond donors (Lipinski definition) is 2. The van der Waals surface area contributed by atoms with Crippen LogP contribution in [0.1, 0.15) is 23.5 Å². The molecule has 4 heteroatoms. The van der Waals surface area contributed by atoms with Gasteiger partial charge in [0.25, 0.3) is 0 Å². The van der Waals surface area contributed by atoms with E-state index in [2.05, 4.69) is 0 Å². The molecular weight excluding hydrogens is 307 g/mol. The lowest BCUT2D eigenvalue weighted by Gasteiger charge is -2.20. The summed E-state index contributed by atoms with van der Waals surface area (Å²) < 4.78 is 12.3. The zero-order chi connectivity index (χ0) is 16.1. The fourth-order valence-corrected chi connectivity index (χ4v) is 5.16. The summed E-state index contributed by atoms with van der Waals surface area (Å²) in [6.07, 6.45) is 0.481. The quantitative estimate of drug-likeness (QED) is 0.702. The van der Waals surface area contributed by atoms with E-state index in [9.17, 15) is 14.4 Å². The van der Waals surface area contributed by atoms with Gasteiger partial charge in [0.1, 0.15) is 5.16 Å². The Bertz CT molecular complexity index is 911. The topological polar surface area (TPSA) is 57.5 Å². The summed E-state index contributed by atoms with van der Waals surface area (Å²) in [5.41, 5.74) is 1.75. The molecule has 1 aliphatic carbocycles. The van der Waals surface area contributed by atoms with Crippen molar-refractivity contribution in [3.05, 3.63) is 83.9 Å². The Morgan fingerprint density at radius 3 is 2.26 bits per heavy atom. The second-order valence-electron chi connectivity index (χ2n) is 6.16. The minimum absolute atomic E-state index is 0.156. The normalized spacial score (nSPS) is 23.8. The van der Waals surface area contributed by atoms with Gasteiger partial charge in [-0.05, 0) is 28.3 Å². The van der Waals surface area contributed by atoms with Crippen molar-refractivity contribution in [2.45, 2.75) is 17.5 Å². The van der Waals surface area contributed by atoms with Crippen LogP contribution in [0.25, 0.3) is 10.8 Å². The molecule has 23 heavy (non-hydrogen) atoms. The third-order valence-electron chi connectivity index (χ3n) is 4.92. The summed E-state index contributed by atoms with van der Waals surface area (Å²) in [4.78, 5) is 20.2. The zero-order valence-corrected chi connectivity index (χ0v) is 13.4. The standard InChI is InChI=1S/C19H17O3P/c20-23(21,22)19(15-9-2-1-3-10-15)13-18(19)17-12-6-8-14-7-4-5-11-16(14)17/h1-12,18H,13H2,(H2,20,21,22). The van der Waals surface area contributed by atoms with Gasteiger partial charge in [0, 0.05) is 5.92 Å². The molecule has 1 saturated carbocycles. The smallest absolute Gasteiger partial charge is 0.324 e. The molecular formula is C19H17O3P. The predicted octanol–water partition coefficient (Wildman–Crippen LogP) is 4.40. The van der Waals surface area contributed by atoms with Gasteiger partial charge in [-0.15, -0.1) is 0 Å². The summed E-state index contributed by atoms with van der Waals surface area (Å²) in [5, 5.41) is 1.09. The highest BCUT2D eigenvalue weighted by Gasteiger charge is 2.67. The molecule has 1 fully saturated rings. The van der Waals surface area contributed by atoms with E-state index in [1.54, 1.807) is 0 Å². The highest BCUT2D eigenvalue weighted by molar-refractivity contribution is 7.53. The van der Waals surface area contributed by atoms with E-state index in [1.807, 2.05) is 72.8 Å². The summed E-state index contributed by atoms with van der Waals surface area (Å²) in [7, 11) is -4.28. The zero-order valence-electron chi connectivity index (χ0n) is 12.5. The molecule has 116 valence electrons. The van der Waals surface area contributed by atoms with Crippen LogP contribution < -0.4 is 0 Å². The summed E-state index contributed by atoms with van der Waals surface area (Å²) in [6.45, 7) is 0. The first-order valence-electron chi connectivity index (χ1n) is 7.63. The first-order valence-corrected chi connectivity index (χ1v) is 9.24. The maximum atomic E-state index is 12.3. The molecule has 4 rings (SSSR count). The molecule has 0 spiro atoms. The predicted molar refractivity (Wildman–Crippen MR) is 91.5 cm³/mol. The van der Waals surface area contributed by atoms with E-state index >= 15 is 0 Å². The highest BCUT2D eigenvalue weighted by Crippen LogP contribution is 2.78. The Labute approximate surface area is 134 Å². The van der Waals surface area contributed by atoms with Crippen molar-refractivity contribution in [3.8, 4) is 0 Å². The molecule has 1 aliphatic rings. The average Bonchev–Trinajstić information content (AvgIpc) is 3.32. The molecule has 0 bridgehead atoms. The molecule has 0 amide bonds. The maximum absolute atomic E-state index is 12.3. The monoisotopic (exact) mass is 324 g/mol. The Morgan fingerprint density at radius 2 is 1.52 bits per heavy atom. The Balaban J connectivity index is 1.89. The molecule has 3 nitrogen and oxygen atoms in total. The molecule has 3 aromatic carbocycles. The first kappa shape index (κ1) is 14.6. The Hall–Kier alpha value is -1.93. The van der Waals surface area contributed by atoms with Gasteiger partial charge in [0.2, 0.25) is 0 Å². The van der Waals surface area contributed by atoms with Crippen molar-refractivity contribution in [1.82, 2.24) is 0 Å². The molecule has 0 radical (unpaired) electrons. The van der Waals surface area contributed by atoms with E-state index < -0.39 is 12.8 Å². The lowest BCUT2D eigenvalue weighted by Crippen LogP contribution is -2.10. The van der Waals surface area contributed by atoms with Crippen LogP contribution in [0.5, 0.6) is 0 Å². The van der Waals surface area contributed by atoms with Gasteiger partial charge < -0.3 is 9.79 Å². The second kappa shape index (κ2) is 5.04. The summed E-state index contributed by atoms with van der Waals surface area (Å²) >= 11 is 0. The number of benzene rings is 3. The molecule has 0 heterocycles. The van der Waals surface area contributed by atoms with Gasteiger partial charge in [0.05, 0.1) is 0 Å². The van der Waals surface area contributed by atoms with E-state index in [4.69, 9.17) is 0 Å². The van der Waals surface area contributed by atoms with Crippen LogP contribution in [-0.4, -0.2) is 9.79 Å². The van der Waals surface area contributed by atoms with Gasteiger partial charge in [0.15, 0.2) is 0 Å². The minimum atomic E-state index is -4.28. The van der Waals surface area contributed by atoms with Gasteiger partial charge >= 0.3 is 7.60 Å². The Morgan fingerprint density at radius 1 is 0.870 bits per heavy atom. The van der Waals surface area contributed by atoms with E-state index in [1.165, 1.54) is 0 Å². The van der Waals surface area contributed by atoms with Crippen LogP contribution in [0, 0.1) is 0 Å². The minimum Gasteiger partial charge on any atom is -0.324 e. The second-order valence-corrected chi connectivity index (χ2v) is 8.05. The molecule has 2 N–H and O–H groups in total. The van der Waals surface area contributed by atoms with Crippen LogP contribution in [0.3, 0.4) is 0 Å². The number of hydrogen-bond acceptors (Lipinski definition) is 1. The van der Waals surface area contributed by atoms with Gasteiger partial charge in [-0.3, -0.25) is 4.57 Å². The van der Waals surface area contributed by atoms with Crippen molar-refractivity contribution in [2.24, 2.45) is 0 Å². The molecule has 2 unspecified atom stereocenters. The molecule has 0 aliphatic heterocycles. The largest absolute Gasteiger partial charge is 0.336 e. The van der Waals surface area contributed by atoms with Crippen molar-refractivity contribution in [1.29, 1.82) is 0 Å². The van der Waals surface area contributed by atoms with Gasteiger partial charge in [-0.2, -0.15) is 0 Å². The fourth-order valence-electron chi connectivity index (χ4n) is 3.71. The third kappa shape index (κ3) is 2.16. The summed E-state index contributed by atoms with van der Waals surface area (Å²) in [5.74, 6) is -0.156. The van der Waals surface area contributed by atoms with E-state index in [0.29, 0.717) is 6.42 Å². The summed E-state index contributed by atoms with van der Waals surface area (Å²) in [6, 6.07) is 23.2. The number of fused-ring (bicyclic) bond motifs is 1. The lowest BCUT2D eigenvalue weighted by atomic mass is 9.98. The van der Waals surface area contributed by atoms with Crippen molar-refractivity contribution < 1.29 is 14.4 Å². The molecule has 0 aromatic heterocycles. The Kier molecular flexibility index (Phi) is 3.21. The van der Waals surface area contributed by atoms with E-state index in [-0.39, 0.29) is 5.92 Å². The lowest BCUT2D eigenvalue weighted by molar-refractivity contribution is 0.353. The SMILES string of the molecule is O=P(O)(O)C1(c2ccccc2)CC1c1cccc2ccccc12. The van der Waals surface area contributed by atoms with Crippen LogP contribution in [-0.2, 0) is 9.72 Å². The van der Waals surface area contributed by atoms with Crippen molar-refractivity contribution in [3.63, 3.8) is 0 Å². The fraction of sp³-hybridized carbons (Fsp3) is 0.158. The van der Waals surface area contributed by atoms with E-state index in [0.717, 1.165) is 21.9 Å². The van der Waals surface area contributed by atoms with Crippen molar-refractivity contribution >= 4 is 18.4 Å². The van der Waals surface area contributed by atoms with Gasteiger partial charge in [-0.25, -0.2) is 0 Å². The molecule has 3 aromatic rings. The van der Waals surface area contributed by atoms with Crippen molar-refractivity contribution in [2.75, 3.05) is 0 Å². The van der Waals surface area contributed by atoms with Crippen LogP contribution in [0.2, 0.25) is 0 Å². The first-order chi connectivity index (χ1) is 11.0. The van der Waals surface area contributed by atoms with Gasteiger partial charge in [-0.1, -0.05) is 72.8 Å². The average molecular weight is 324 g/mol. The third-order valence-corrected chi connectivity index (χ3v) is 6.72. The maximum Gasteiger partial charge on any atom is 0.336 e. The molecule has 0 saturated heterocycles. The molecule has 2 atom stereocenters. The van der Waals surface area contributed by atoms with Crippen LogP contribution in [0.15, 0.2) is 72.8 Å². The number of rotatable bonds is 3. The van der Waals surface area contributed by atoms with Crippen LogP contribution >= 0.6 is 7.60 Å². The van der Waals surface area contributed by atoms with Crippen LogP contribution in [0.4, 0.5) is 0 Å².